The molecule has 160 valence electrons. The Balaban J connectivity index is 1.57. The van der Waals surface area contributed by atoms with Gasteiger partial charge in [-0.05, 0) is 56.2 Å². The van der Waals surface area contributed by atoms with Crippen LogP contribution in [0.1, 0.15) is 65.2 Å². The first-order valence-electron chi connectivity index (χ1n) is 11.4. The van der Waals surface area contributed by atoms with Crippen LogP contribution >= 0.6 is 11.6 Å². The van der Waals surface area contributed by atoms with Crippen molar-refractivity contribution in [2.24, 2.45) is 0 Å². The van der Waals surface area contributed by atoms with E-state index in [1.807, 2.05) is 36.4 Å². The highest BCUT2D eigenvalue weighted by atomic mass is 35.5. The number of rotatable bonds is 15. The Morgan fingerprint density at radius 2 is 1.38 bits per heavy atom. The molecule has 0 spiro atoms. The van der Waals surface area contributed by atoms with Gasteiger partial charge in [-0.2, -0.15) is 0 Å². The van der Waals surface area contributed by atoms with Crippen LogP contribution in [0.3, 0.4) is 0 Å². The van der Waals surface area contributed by atoms with Gasteiger partial charge in [0.05, 0.1) is 6.61 Å². The Morgan fingerprint density at radius 3 is 2.03 bits per heavy atom. The van der Waals surface area contributed by atoms with Crippen LogP contribution < -0.4 is 4.74 Å². The van der Waals surface area contributed by atoms with E-state index >= 15 is 0 Å². The number of benzene rings is 2. The van der Waals surface area contributed by atoms with Gasteiger partial charge in [-0.15, -0.1) is 0 Å². The Bertz CT molecular complexity index is 670. The maximum absolute atomic E-state index is 6.20. The van der Waals surface area contributed by atoms with Crippen LogP contribution in [0.25, 0.3) is 11.1 Å². The van der Waals surface area contributed by atoms with E-state index in [2.05, 4.69) is 30.9 Å². The third kappa shape index (κ3) is 9.23. The summed E-state index contributed by atoms with van der Waals surface area (Å²) in [5.74, 6) is 0.925. The Morgan fingerprint density at radius 1 is 0.759 bits per heavy atom. The van der Waals surface area contributed by atoms with Crippen LogP contribution in [0.2, 0.25) is 5.02 Å². The van der Waals surface area contributed by atoms with Crippen molar-refractivity contribution >= 4 is 11.6 Å². The summed E-state index contributed by atoms with van der Waals surface area (Å²) < 4.78 is 6.09. The standard InChI is InChI=1S/C26H38ClNO/c1-3-28(4-2)20-14-9-7-5-6-8-10-15-21-29-26-19-18-24(27)22-25(26)23-16-12-11-13-17-23/h11-13,16-19,22H,3-10,14-15,20-21H2,1-2H3. The van der Waals surface area contributed by atoms with Crippen molar-refractivity contribution in [1.82, 2.24) is 4.90 Å². The predicted molar refractivity (Wildman–Crippen MR) is 127 cm³/mol. The van der Waals surface area contributed by atoms with Crippen molar-refractivity contribution in [1.29, 1.82) is 0 Å². The first kappa shape index (κ1) is 23.8. The SMILES string of the molecule is CCN(CC)CCCCCCCCCCOc1ccc(Cl)cc1-c1ccccc1. The summed E-state index contributed by atoms with van der Waals surface area (Å²) in [4.78, 5) is 2.52. The van der Waals surface area contributed by atoms with E-state index in [0.29, 0.717) is 0 Å². The Labute approximate surface area is 183 Å². The zero-order valence-electron chi connectivity index (χ0n) is 18.3. The lowest BCUT2D eigenvalue weighted by Gasteiger charge is -2.17. The van der Waals surface area contributed by atoms with Crippen LogP contribution in [0, 0.1) is 0 Å². The van der Waals surface area contributed by atoms with Gasteiger partial charge in [-0.25, -0.2) is 0 Å². The van der Waals surface area contributed by atoms with E-state index in [4.69, 9.17) is 16.3 Å². The molecule has 0 radical (unpaired) electrons. The minimum atomic E-state index is 0.744. The fourth-order valence-electron chi connectivity index (χ4n) is 3.69. The molecule has 0 bridgehead atoms. The van der Waals surface area contributed by atoms with Gasteiger partial charge in [0.25, 0.3) is 0 Å². The number of nitrogens with zero attached hydrogens (tertiary/aromatic N) is 1. The van der Waals surface area contributed by atoms with Gasteiger partial charge in [0.2, 0.25) is 0 Å². The van der Waals surface area contributed by atoms with Crippen molar-refractivity contribution < 1.29 is 4.74 Å². The number of unbranched alkanes of at least 4 members (excludes halogenated alkanes) is 7. The zero-order valence-corrected chi connectivity index (χ0v) is 19.1. The van der Waals surface area contributed by atoms with Gasteiger partial charge in [0.1, 0.15) is 5.75 Å². The molecule has 0 aliphatic rings. The summed E-state index contributed by atoms with van der Waals surface area (Å²) >= 11 is 6.20. The van der Waals surface area contributed by atoms with Crippen molar-refractivity contribution in [3.63, 3.8) is 0 Å². The monoisotopic (exact) mass is 415 g/mol. The molecule has 2 nitrogen and oxygen atoms in total. The first-order valence-corrected chi connectivity index (χ1v) is 11.8. The van der Waals surface area contributed by atoms with E-state index in [9.17, 15) is 0 Å². The van der Waals surface area contributed by atoms with E-state index in [1.54, 1.807) is 0 Å². The second kappa shape index (κ2) is 14.5. The minimum absolute atomic E-state index is 0.744. The van der Waals surface area contributed by atoms with E-state index < -0.39 is 0 Å². The minimum Gasteiger partial charge on any atom is -0.493 e. The highest BCUT2D eigenvalue weighted by Crippen LogP contribution is 2.32. The summed E-state index contributed by atoms with van der Waals surface area (Å²) in [6.45, 7) is 8.90. The van der Waals surface area contributed by atoms with Crippen LogP contribution in [0.15, 0.2) is 48.5 Å². The average molecular weight is 416 g/mol. The number of hydrogen-bond donors (Lipinski definition) is 0. The van der Waals surface area contributed by atoms with E-state index in [0.717, 1.165) is 34.9 Å². The fourth-order valence-corrected chi connectivity index (χ4v) is 3.86. The quantitative estimate of drug-likeness (QED) is 0.274. The lowest BCUT2D eigenvalue weighted by molar-refractivity contribution is 0.294. The largest absolute Gasteiger partial charge is 0.493 e. The molecular weight excluding hydrogens is 378 g/mol. The van der Waals surface area contributed by atoms with Crippen molar-refractivity contribution in [3.8, 4) is 16.9 Å². The van der Waals surface area contributed by atoms with Gasteiger partial charge in [0.15, 0.2) is 0 Å². The summed E-state index contributed by atoms with van der Waals surface area (Å²) in [5.41, 5.74) is 2.22. The summed E-state index contributed by atoms with van der Waals surface area (Å²) in [6.07, 6.45) is 10.5. The van der Waals surface area contributed by atoms with Crippen LogP contribution in [0.5, 0.6) is 5.75 Å². The molecular formula is C26H38ClNO. The van der Waals surface area contributed by atoms with Crippen molar-refractivity contribution in [3.05, 3.63) is 53.6 Å². The highest BCUT2D eigenvalue weighted by molar-refractivity contribution is 6.31. The summed E-state index contributed by atoms with van der Waals surface area (Å²) in [5, 5.41) is 0.744. The maximum atomic E-state index is 6.20. The number of halogens is 1. The summed E-state index contributed by atoms with van der Waals surface area (Å²) in [6, 6.07) is 16.2. The Kier molecular flexibility index (Phi) is 11.9. The van der Waals surface area contributed by atoms with Crippen molar-refractivity contribution in [2.45, 2.75) is 65.2 Å². The van der Waals surface area contributed by atoms with Gasteiger partial charge in [0, 0.05) is 10.6 Å². The number of ether oxygens (including phenoxy) is 1. The average Bonchev–Trinajstić information content (AvgIpc) is 2.76. The van der Waals surface area contributed by atoms with Gasteiger partial charge < -0.3 is 9.64 Å². The molecule has 0 aliphatic heterocycles. The van der Waals surface area contributed by atoms with Gasteiger partial charge >= 0.3 is 0 Å². The predicted octanol–water partition coefficient (Wildman–Crippen LogP) is 7.85. The van der Waals surface area contributed by atoms with Crippen LogP contribution in [0.4, 0.5) is 0 Å². The molecule has 0 saturated heterocycles. The first-order chi connectivity index (χ1) is 14.2. The topological polar surface area (TPSA) is 12.5 Å². The van der Waals surface area contributed by atoms with Crippen molar-refractivity contribution in [2.75, 3.05) is 26.2 Å². The molecule has 29 heavy (non-hydrogen) atoms. The molecule has 0 unspecified atom stereocenters. The third-order valence-corrected chi connectivity index (χ3v) is 5.78. The molecule has 0 amide bonds. The lowest BCUT2D eigenvalue weighted by atomic mass is 10.0. The van der Waals surface area contributed by atoms with Crippen LogP contribution in [-0.2, 0) is 0 Å². The summed E-state index contributed by atoms with van der Waals surface area (Å²) in [7, 11) is 0. The van der Waals surface area contributed by atoms with E-state index in [-0.39, 0.29) is 0 Å². The zero-order chi connectivity index (χ0) is 20.7. The van der Waals surface area contributed by atoms with E-state index in [1.165, 1.54) is 64.6 Å². The second-order valence-electron chi connectivity index (χ2n) is 7.71. The Hall–Kier alpha value is -1.51. The molecule has 0 fully saturated rings. The molecule has 0 N–H and O–H groups in total. The molecule has 2 aromatic rings. The molecule has 0 aromatic heterocycles. The van der Waals surface area contributed by atoms with Crippen LogP contribution in [-0.4, -0.2) is 31.1 Å². The van der Waals surface area contributed by atoms with Gasteiger partial charge in [-0.1, -0.05) is 94.3 Å². The molecule has 0 atom stereocenters. The fraction of sp³-hybridized carbons (Fsp3) is 0.538. The molecule has 0 aliphatic carbocycles. The molecule has 0 heterocycles. The normalized spacial score (nSPS) is 11.2. The highest BCUT2D eigenvalue weighted by Gasteiger charge is 2.07. The number of hydrogen-bond acceptors (Lipinski definition) is 2. The lowest BCUT2D eigenvalue weighted by Crippen LogP contribution is -2.23. The second-order valence-corrected chi connectivity index (χ2v) is 8.15. The molecule has 0 saturated carbocycles. The maximum Gasteiger partial charge on any atom is 0.127 e. The molecule has 3 heteroatoms. The smallest absolute Gasteiger partial charge is 0.127 e. The molecule has 2 rings (SSSR count). The molecule has 2 aromatic carbocycles. The third-order valence-electron chi connectivity index (χ3n) is 5.55. The van der Waals surface area contributed by atoms with Gasteiger partial charge in [-0.3, -0.25) is 0 Å².